The highest BCUT2D eigenvalue weighted by Crippen LogP contribution is 2.21. The number of nitrogens with zero attached hydrogens (tertiary/aromatic N) is 1. The van der Waals surface area contributed by atoms with Crippen molar-refractivity contribution in [2.45, 2.75) is 6.92 Å². The number of hydrogen-bond donors (Lipinski definition) is 1. The fourth-order valence-corrected chi connectivity index (χ4v) is 1.98. The van der Waals surface area contributed by atoms with Crippen LogP contribution in [0, 0.1) is 3.57 Å². The van der Waals surface area contributed by atoms with Crippen molar-refractivity contribution in [1.29, 1.82) is 0 Å². The number of rotatable bonds is 2. The van der Waals surface area contributed by atoms with Gasteiger partial charge >= 0.3 is 5.97 Å². The van der Waals surface area contributed by atoms with Crippen molar-refractivity contribution in [3.05, 3.63) is 27.5 Å². The third-order valence-electron chi connectivity index (χ3n) is 2.02. The molecule has 0 saturated carbocycles. The van der Waals surface area contributed by atoms with Crippen molar-refractivity contribution in [3.8, 4) is 0 Å². The number of nitrogens with one attached hydrogen (secondary N) is 1. The summed E-state index contributed by atoms with van der Waals surface area (Å²) >= 11 is 2.18. The van der Waals surface area contributed by atoms with Gasteiger partial charge in [0.25, 0.3) is 0 Å². The molecule has 4 nitrogen and oxygen atoms in total. The van der Waals surface area contributed by atoms with E-state index in [1.165, 1.54) is 0 Å². The fourth-order valence-electron chi connectivity index (χ4n) is 1.36. The summed E-state index contributed by atoms with van der Waals surface area (Å²) in [6.07, 6.45) is 0. The zero-order valence-corrected chi connectivity index (χ0v) is 10.2. The molecule has 2 rings (SSSR count). The maximum atomic E-state index is 11.5. The Bertz CT molecular complexity index is 507. The molecule has 0 unspecified atom stereocenters. The monoisotopic (exact) mass is 316 g/mol. The maximum absolute atomic E-state index is 11.5. The first-order valence-corrected chi connectivity index (χ1v) is 5.61. The van der Waals surface area contributed by atoms with Gasteiger partial charge in [0.2, 0.25) is 0 Å². The van der Waals surface area contributed by atoms with Gasteiger partial charge in [-0.25, -0.2) is 4.79 Å². The summed E-state index contributed by atoms with van der Waals surface area (Å²) in [7, 11) is 0. The molecule has 1 aromatic heterocycles. The molecular formula is C10H9IN2O2. The Balaban J connectivity index is 2.54. The number of carbonyl (C=O) groups is 1. The van der Waals surface area contributed by atoms with Crippen LogP contribution in [0.5, 0.6) is 0 Å². The molecule has 0 aliphatic rings. The first-order chi connectivity index (χ1) is 7.24. The van der Waals surface area contributed by atoms with Crippen LogP contribution in [0.2, 0.25) is 0 Å². The number of hydrogen-bond acceptors (Lipinski definition) is 3. The van der Waals surface area contributed by atoms with E-state index in [9.17, 15) is 4.79 Å². The first kappa shape index (κ1) is 10.4. The third-order valence-corrected chi connectivity index (χ3v) is 2.89. The van der Waals surface area contributed by atoms with Crippen molar-refractivity contribution < 1.29 is 9.53 Å². The van der Waals surface area contributed by atoms with E-state index in [0.29, 0.717) is 12.3 Å². The van der Waals surface area contributed by atoms with Gasteiger partial charge in [-0.1, -0.05) is 12.1 Å². The molecule has 0 atom stereocenters. The van der Waals surface area contributed by atoms with E-state index in [1.807, 2.05) is 18.2 Å². The summed E-state index contributed by atoms with van der Waals surface area (Å²) < 4.78 is 5.93. The van der Waals surface area contributed by atoms with Crippen molar-refractivity contribution in [2.24, 2.45) is 0 Å². The van der Waals surface area contributed by atoms with Crippen LogP contribution in [0.15, 0.2) is 18.2 Å². The number of aromatic nitrogens is 2. The number of benzene rings is 1. The lowest BCUT2D eigenvalue weighted by molar-refractivity contribution is 0.0521. The van der Waals surface area contributed by atoms with Crippen LogP contribution in [0.4, 0.5) is 0 Å². The predicted molar refractivity (Wildman–Crippen MR) is 64.8 cm³/mol. The highest BCUT2D eigenvalue weighted by molar-refractivity contribution is 14.1. The summed E-state index contributed by atoms with van der Waals surface area (Å²) in [5.74, 6) is -0.359. The van der Waals surface area contributed by atoms with Crippen LogP contribution in [0.3, 0.4) is 0 Å². The van der Waals surface area contributed by atoms with Crippen LogP contribution in [-0.4, -0.2) is 22.8 Å². The SMILES string of the molecule is CCOC(=O)c1[nH]nc2c(I)cccc12. The lowest BCUT2D eigenvalue weighted by Gasteiger charge is -1.98. The first-order valence-electron chi connectivity index (χ1n) is 4.53. The van der Waals surface area contributed by atoms with E-state index < -0.39 is 0 Å². The minimum Gasteiger partial charge on any atom is -0.461 e. The zero-order valence-electron chi connectivity index (χ0n) is 8.08. The second kappa shape index (κ2) is 4.18. The molecule has 5 heteroatoms. The Hall–Kier alpha value is -1.11. The number of fused-ring (bicyclic) bond motifs is 1. The van der Waals surface area contributed by atoms with E-state index in [1.54, 1.807) is 6.92 Å². The molecule has 0 amide bonds. The molecule has 0 spiro atoms. The van der Waals surface area contributed by atoms with Crippen LogP contribution in [0.1, 0.15) is 17.4 Å². The minimum absolute atomic E-state index is 0.359. The van der Waals surface area contributed by atoms with Crippen LogP contribution < -0.4 is 0 Å². The van der Waals surface area contributed by atoms with Gasteiger partial charge in [-0.3, -0.25) is 5.10 Å². The molecule has 0 fully saturated rings. The molecule has 0 radical (unpaired) electrons. The van der Waals surface area contributed by atoms with Gasteiger partial charge in [0.05, 0.1) is 6.61 Å². The Morgan fingerprint density at radius 2 is 2.40 bits per heavy atom. The number of carbonyl (C=O) groups excluding carboxylic acids is 1. The smallest absolute Gasteiger partial charge is 0.356 e. The number of aromatic amines is 1. The number of esters is 1. The molecule has 0 saturated heterocycles. The van der Waals surface area contributed by atoms with Gasteiger partial charge in [0.15, 0.2) is 5.69 Å². The van der Waals surface area contributed by atoms with E-state index in [2.05, 4.69) is 32.8 Å². The Kier molecular flexibility index (Phi) is 2.90. The number of halogens is 1. The molecular weight excluding hydrogens is 307 g/mol. The average molecular weight is 316 g/mol. The summed E-state index contributed by atoms with van der Waals surface area (Å²) in [5.41, 5.74) is 1.23. The van der Waals surface area contributed by atoms with Gasteiger partial charge in [0.1, 0.15) is 5.52 Å². The lowest BCUT2D eigenvalue weighted by atomic mass is 10.2. The van der Waals surface area contributed by atoms with E-state index in [4.69, 9.17) is 4.74 Å². The van der Waals surface area contributed by atoms with Gasteiger partial charge in [-0.15, -0.1) is 0 Å². The Morgan fingerprint density at radius 1 is 1.60 bits per heavy atom. The summed E-state index contributed by atoms with van der Waals surface area (Å²) in [6.45, 7) is 2.14. The second-order valence-electron chi connectivity index (χ2n) is 2.96. The quantitative estimate of drug-likeness (QED) is 0.683. The normalized spacial score (nSPS) is 10.5. The van der Waals surface area contributed by atoms with Crippen molar-refractivity contribution in [1.82, 2.24) is 10.2 Å². The molecule has 0 aliphatic heterocycles. The average Bonchev–Trinajstić information content (AvgIpc) is 2.63. The van der Waals surface area contributed by atoms with Gasteiger partial charge in [0, 0.05) is 8.96 Å². The largest absolute Gasteiger partial charge is 0.461 e. The molecule has 1 N–H and O–H groups in total. The van der Waals surface area contributed by atoms with Gasteiger partial charge in [-0.05, 0) is 35.6 Å². The second-order valence-corrected chi connectivity index (χ2v) is 4.12. The minimum atomic E-state index is -0.359. The Morgan fingerprint density at radius 3 is 3.13 bits per heavy atom. The Labute approximate surface area is 100 Å². The van der Waals surface area contributed by atoms with E-state index in [-0.39, 0.29) is 5.97 Å². The molecule has 1 aromatic carbocycles. The third kappa shape index (κ3) is 1.83. The van der Waals surface area contributed by atoms with Crippen LogP contribution >= 0.6 is 22.6 Å². The number of ether oxygens (including phenoxy) is 1. The molecule has 1 heterocycles. The van der Waals surface area contributed by atoms with Gasteiger partial charge < -0.3 is 4.74 Å². The number of H-pyrrole nitrogens is 1. The lowest BCUT2D eigenvalue weighted by Crippen LogP contribution is -2.05. The summed E-state index contributed by atoms with van der Waals surface area (Å²) in [6, 6.07) is 5.69. The molecule has 0 aliphatic carbocycles. The van der Waals surface area contributed by atoms with Crippen LogP contribution in [0.25, 0.3) is 10.9 Å². The predicted octanol–water partition coefficient (Wildman–Crippen LogP) is 2.34. The van der Waals surface area contributed by atoms with Crippen molar-refractivity contribution >= 4 is 39.5 Å². The van der Waals surface area contributed by atoms with E-state index in [0.717, 1.165) is 14.5 Å². The molecule has 0 bridgehead atoms. The zero-order chi connectivity index (χ0) is 10.8. The maximum Gasteiger partial charge on any atom is 0.356 e. The van der Waals surface area contributed by atoms with Crippen molar-refractivity contribution in [2.75, 3.05) is 6.61 Å². The van der Waals surface area contributed by atoms with Crippen LogP contribution in [-0.2, 0) is 4.74 Å². The highest BCUT2D eigenvalue weighted by atomic mass is 127. The highest BCUT2D eigenvalue weighted by Gasteiger charge is 2.15. The van der Waals surface area contributed by atoms with E-state index >= 15 is 0 Å². The fraction of sp³-hybridized carbons (Fsp3) is 0.200. The standard InChI is InChI=1S/C10H9IN2O2/c1-2-15-10(14)9-6-4-3-5-7(11)8(6)12-13-9/h3-5H,2H2,1H3,(H,12,13). The molecule has 15 heavy (non-hydrogen) atoms. The molecule has 78 valence electrons. The number of para-hydroxylation sites is 1. The summed E-state index contributed by atoms with van der Waals surface area (Å²) in [5, 5.41) is 7.60. The molecule has 2 aromatic rings. The van der Waals surface area contributed by atoms with Gasteiger partial charge in [-0.2, -0.15) is 5.10 Å². The topological polar surface area (TPSA) is 55.0 Å². The van der Waals surface area contributed by atoms with Crippen molar-refractivity contribution in [3.63, 3.8) is 0 Å². The summed E-state index contributed by atoms with van der Waals surface area (Å²) in [4.78, 5) is 11.5.